The summed E-state index contributed by atoms with van der Waals surface area (Å²) in [4.78, 5) is 10.8. The molecule has 13 heavy (non-hydrogen) atoms. The molecular formula is C8H18N2O3. The highest BCUT2D eigenvalue weighted by Crippen LogP contribution is 2.18. The van der Waals surface area contributed by atoms with E-state index in [-0.39, 0.29) is 25.8 Å². The van der Waals surface area contributed by atoms with Gasteiger partial charge in [0.2, 0.25) is 0 Å². The van der Waals surface area contributed by atoms with E-state index in [1.807, 2.05) is 6.92 Å². The summed E-state index contributed by atoms with van der Waals surface area (Å²) in [5, 5.41) is 23.0. The van der Waals surface area contributed by atoms with Crippen molar-refractivity contribution in [1.29, 1.82) is 0 Å². The zero-order valence-electron chi connectivity index (χ0n) is 8.13. The SMILES string of the molecule is CCC(CO)(CO)CNC(=O)NC. The van der Waals surface area contributed by atoms with Crippen molar-refractivity contribution in [3.63, 3.8) is 0 Å². The van der Waals surface area contributed by atoms with Gasteiger partial charge < -0.3 is 20.8 Å². The summed E-state index contributed by atoms with van der Waals surface area (Å²) in [6.07, 6.45) is 0.615. The van der Waals surface area contributed by atoms with Crippen LogP contribution < -0.4 is 10.6 Å². The summed E-state index contributed by atoms with van der Waals surface area (Å²) >= 11 is 0. The molecule has 0 unspecified atom stereocenters. The zero-order chi connectivity index (χ0) is 10.3. The van der Waals surface area contributed by atoms with Gasteiger partial charge in [0.25, 0.3) is 0 Å². The van der Waals surface area contributed by atoms with E-state index >= 15 is 0 Å². The number of aliphatic hydroxyl groups excluding tert-OH is 2. The van der Waals surface area contributed by atoms with E-state index in [1.165, 1.54) is 7.05 Å². The molecule has 0 radical (unpaired) electrons. The molecule has 0 heterocycles. The van der Waals surface area contributed by atoms with E-state index < -0.39 is 5.41 Å². The highest BCUT2D eigenvalue weighted by molar-refractivity contribution is 5.73. The summed E-state index contributed by atoms with van der Waals surface area (Å²) in [5.41, 5.74) is -0.605. The van der Waals surface area contributed by atoms with Crippen LogP contribution in [0.3, 0.4) is 0 Å². The third-order valence-corrected chi connectivity index (χ3v) is 2.27. The summed E-state index contributed by atoms with van der Waals surface area (Å²) in [6.45, 7) is 1.86. The lowest BCUT2D eigenvalue weighted by atomic mass is 9.87. The molecule has 0 saturated heterocycles. The van der Waals surface area contributed by atoms with Crippen molar-refractivity contribution in [1.82, 2.24) is 10.6 Å². The Hall–Kier alpha value is -0.810. The summed E-state index contributed by atoms with van der Waals surface area (Å²) < 4.78 is 0. The second-order valence-corrected chi connectivity index (χ2v) is 3.10. The maximum atomic E-state index is 10.8. The maximum Gasteiger partial charge on any atom is 0.314 e. The molecule has 5 heteroatoms. The van der Waals surface area contributed by atoms with Crippen molar-refractivity contribution in [2.75, 3.05) is 26.8 Å². The number of rotatable bonds is 5. The van der Waals surface area contributed by atoms with E-state index in [0.717, 1.165) is 0 Å². The van der Waals surface area contributed by atoms with Gasteiger partial charge in [-0.25, -0.2) is 4.79 Å². The summed E-state index contributed by atoms with van der Waals surface area (Å²) in [7, 11) is 1.51. The Bertz CT molecular complexity index is 149. The van der Waals surface area contributed by atoms with Crippen LogP contribution in [0.1, 0.15) is 13.3 Å². The molecule has 78 valence electrons. The summed E-state index contributed by atoms with van der Waals surface area (Å²) in [5.74, 6) is 0. The van der Waals surface area contributed by atoms with Crippen LogP contribution in [-0.4, -0.2) is 43.1 Å². The van der Waals surface area contributed by atoms with Gasteiger partial charge in [0.1, 0.15) is 0 Å². The lowest BCUT2D eigenvalue weighted by Gasteiger charge is -2.28. The Labute approximate surface area is 78.1 Å². The smallest absolute Gasteiger partial charge is 0.314 e. The molecule has 0 bridgehead atoms. The van der Waals surface area contributed by atoms with E-state index in [9.17, 15) is 4.79 Å². The summed E-state index contributed by atoms with van der Waals surface area (Å²) in [6, 6.07) is -0.306. The van der Waals surface area contributed by atoms with Crippen molar-refractivity contribution in [2.24, 2.45) is 5.41 Å². The van der Waals surface area contributed by atoms with Gasteiger partial charge in [-0.05, 0) is 6.42 Å². The lowest BCUT2D eigenvalue weighted by molar-refractivity contribution is 0.0532. The molecule has 2 amide bonds. The molecule has 0 aliphatic heterocycles. The van der Waals surface area contributed by atoms with Gasteiger partial charge in [0.15, 0.2) is 0 Å². The second-order valence-electron chi connectivity index (χ2n) is 3.10. The third kappa shape index (κ3) is 3.61. The molecule has 5 nitrogen and oxygen atoms in total. The fraction of sp³-hybridized carbons (Fsp3) is 0.875. The van der Waals surface area contributed by atoms with Crippen molar-refractivity contribution >= 4 is 6.03 Å². The number of amides is 2. The number of hydrogen-bond donors (Lipinski definition) is 4. The van der Waals surface area contributed by atoms with Crippen molar-refractivity contribution in [3.05, 3.63) is 0 Å². The Kier molecular flexibility index (Phi) is 5.41. The highest BCUT2D eigenvalue weighted by Gasteiger charge is 2.26. The molecule has 0 rings (SSSR count). The van der Waals surface area contributed by atoms with Crippen LogP contribution in [0.5, 0.6) is 0 Å². The van der Waals surface area contributed by atoms with E-state index in [4.69, 9.17) is 10.2 Å². The van der Waals surface area contributed by atoms with Gasteiger partial charge in [-0.3, -0.25) is 0 Å². The first kappa shape index (κ1) is 12.2. The number of hydrogen-bond acceptors (Lipinski definition) is 3. The fourth-order valence-electron chi connectivity index (χ4n) is 0.867. The molecule has 0 aromatic rings. The quantitative estimate of drug-likeness (QED) is 0.462. The molecular weight excluding hydrogens is 172 g/mol. The average molecular weight is 190 g/mol. The van der Waals surface area contributed by atoms with Gasteiger partial charge in [-0.2, -0.15) is 0 Å². The van der Waals surface area contributed by atoms with E-state index in [0.29, 0.717) is 6.42 Å². The minimum absolute atomic E-state index is 0.135. The fourth-order valence-corrected chi connectivity index (χ4v) is 0.867. The van der Waals surface area contributed by atoms with Crippen LogP contribution in [0, 0.1) is 5.41 Å². The molecule has 0 atom stereocenters. The van der Waals surface area contributed by atoms with Crippen molar-refractivity contribution < 1.29 is 15.0 Å². The Morgan fingerprint density at radius 3 is 2.23 bits per heavy atom. The third-order valence-electron chi connectivity index (χ3n) is 2.27. The van der Waals surface area contributed by atoms with Crippen LogP contribution in [0.25, 0.3) is 0 Å². The normalized spacial score (nSPS) is 11.1. The minimum atomic E-state index is -0.605. The molecule has 4 N–H and O–H groups in total. The van der Waals surface area contributed by atoms with Gasteiger partial charge >= 0.3 is 6.03 Å². The monoisotopic (exact) mass is 190 g/mol. The molecule has 0 aliphatic rings. The van der Waals surface area contributed by atoms with Gasteiger partial charge in [-0.1, -0.05) is 6.92 Å². The Balaban J connectivity index is 4.02. The lowest BCUT2D eigenvalue weighted by Crippen LogP contribution is -2.44. The number of urea groups is 1. The van der Waals surface area contributed by atoms with Gasteiger partial charge in [0, 0.05) is 19.0 Å². The number of carbonyl (C=O) groups excluding carboxylic acids is 1. The van der Waals surface area contributed by atoms with Crippen LogP contribution in [0.2, 0.25) is 0 Å². The second kappa shape index (κ2) is 5.77. The minimum Gasteiger partial charge on any atom is -0.396 e. The van der Waals surface area contributed by atoms with E-state index in [1.54, 1.807) is 0 Å². The maximum absolute atomic E-state index is 10.8. The molecule has 0 aliphatic carbocycles. The standard InChI is InChI=1S/C8H18N2O3/c1-3-8(5-11,6-12)4-10-7(13)9-2/h11-12H,3-6H2,1-2H3,(H2,9,10,13). The Morgan fingerprint density at radius 2 is 1.92 bits per heavy atom. The predicted molar refractivity (Wildman–Crippen MR) is 49.4 cm³/mol. The Morgan fingerprint density at radius 1 is 1.38 bits per heavy atom. The highest BCUT2D eigenvalue weighted by atomic mass is 16.3. The average Bonchev–Trinajstić information content (AvgIpc) is 2.20. The topological polar surface area (TPSA) is 81.6 Å². The zero-order valence-corrected chi connectivity index (χ0v) is 8.13. The first-order chi connectivity index (χ1) is 6.14. The van der Waals surface area contributed by atoms with Crippen LogP contribution in [0.15, 0.2) is 0 Å². The first-order valence-corrected chi connectivity index (χ1v) is 4.31. The largest absolute Gasteiger partial charge is 0.396 e. The molecule has 0 fully saturated rings. The molecule has 0 aromatic carbocycles. The molecule has 0 saturated carbocycles. The molecule has 0 spiro atoms. The van der Waals surface area contributed by atoms with E-state index in [2.05, 4.69) is 10.6 Å². The number of nitrogens with one attached hydrogen (secondary N) is 2. The van der Waals surface area contributed by atoms with Crippen LogP contribution in [-0.2, 0) is 0 Å². The van der Waals surface area contributed by atoms with Gasteiger partial charge in [-0.15, -0.1) is 0 Å². The van der Waals surface area contributed by atoms with Crippen molar-refractivity contribution in [2.45, 2.75) is 13.3 Å². The van der Waals surface area contributed by atoms with Gasteiger partial charge in [0.05, 0.1) is 13.2 Å². The van der Waals surface area contributed by atoms with Crippen molar-refractivity contribution in [3.8, 4) is 0 Å². The van der Waals surface area contributed by atoms with Crippen LogP contribution >= 0.6 is 0 Å². The van der Waals surface area contributed by atoms with Crippen LogP contribution in [0.4, 0.5) is 4.79 Å². The number of aliphatic hydroxyl groups is 2. The first-order valence-electron chi connectivity index (χ1n) is 4.31. The number of carbonyl (C=O) groups is 1. The molecule has 0 aromatic heterocycles. The predicted octanol–water partition coefficient (Wildman–Crippen LogP) is -0.704.